The van der Waals surface area contributed by atoms with Crippen LogP contribution in [0.25, 0.3) is 11.4 Å². The van der Waals surface area contributed by atoms with Gasteiger partial charge >= 0.3 is 0 Å². The third-order valence-corrected chi connectivity index (χ3v) is 5.80. The second kappa shape index (κ2) is 6.08. The summed E-state index contributed by atoms with van der Waals surface area (Å²) in [5.41, 5.74) is 1.75. The van der Waals surface area contributed by atoms with Crippen LogP contribution in [0.5, 0.6) is 0 Å². The lowest BCUT2D eigenvalue weighted by Crippen LogP contribution is -2.42. The Morgan fingerprint density at radius 1 is 1.11 bits per heavy atom. The van der Waals surface area contributed by atoms with Crippen LogP contribution in [-0.4, -0.2) is 37.7 Å². The molecule has 0 saturated carbocycles. The monoisotopic (exact) mass is 362 g/mol. The SMILES string of the molecule is Cc1cc(C(=O)N2C3CCC2Cn2c(nnc2-c2ccccc2)C3)c(C)o1. The molecule has 2 aliphatic heterocycles. The number of fused-ring (bicyclic) bond motifs is 3. The molecule has 6 heteroatoms. The summed E-state index contributed by atoms with van der Waals surface area (Å²) in [5.74, 6) is 3.42. The van der Waals surface area contributed by atoms with Crippen molar-refractivity contribution in [3.8, 4) is 11.4 Å². The highest BCUT2D eigenvalue weighted by Crippen LogP contribution is 2.35. The molecule has 138 valence electrons. The molecule has 1 saturated heterocycles. The number of amides is 1. The molecule has 2 unspecified atom stereocenters. The van der Waals surface area contributed by atoms with Gasteiger partial charge in [0, 0.05) is 24.6 Å². The predicted molar refractivity (Wildman–Crippen MR) is 100 cm³/mol. The average molecular weight is 362 g/mol. The first kappa shape index (κ1) is 16.3. The molecule has 5 rings (SSSR count). The normalized spacial score (nSPS) is 21.2. The number of aromatic nitrogens is 3. The molecule has 1 aromatic carbocycles. The topological polar surface area (TPSA) is 64.2 Å². The van der Waals surface area contributed by atoms with Crippen molar-refractivity contribution in [2.75, 3.05) is 0 Å². The molecule has 2 aliphatic rings. The standard InChI is InChI=1S/C21H22N4O2/c1-13-10-18(14(2)27-13)21(26)25-16-8-9-17(25)12-24-19(11-16)22-23-20(24)15-6-4-3-5-7-15/h3-7,10,16-17H,8-9,11-12H2,1-2H3. The second-order valence-corrected chi connectivity index (χ2v) is 7.54. The van der Waals surface area contributed by atoms with E-state index in [4.69, 9.17) is 4.42 Å². The Labute approximate surface area is 157 Å². The van der Waals surface area contributed by atoms with Crippen molar-refractivity contribution < 1.29 is 9.21 Å². The Balaban J connectivity index is 1.50. The van der Waals surface area contributed by atoms with Crippen molar-refractivity contribution >= 4 is 5.91 Å². The predicted octanol–water partition coefficient (Wildman–Crippen LogP) is 3.38. The first-order valence-electron chi connectivity index (χ1n) is 9.49. The summed E-state index contributed by atoms with van der Waals surface area (Å²) in [6, 6.07) is 12.3. The molecular formula is C21H22N4O2. The van der Waals surface area contributed by atoms with E-state index in [0.29, 0.717) is 11.3 Å². The maximum atomic E-state index is 13.3. The third kappa shape index (κ3) is 2.59. The summed E-state index contributed by atoms with van der Waals surface area (Å²) in [6.45, 7) is 4.49. The minimum atomic E-state index is 0.0804. The minimum Gasteiger partial charge on any atom is -0.466 e. The molecule has 6 nitrogen and oxygen atoms in total. The molecule has 1 fully saturated rings. The van der Waals surface area contributed by atoms with Gasteiger partial charge in [-0.05, 0) is 32.8 Å². The van der Waals surface area contributed by atoms with Gasteiger partial charge in [-0.2, -0.15) is 0 Å². The van der Waals surface area contributed by atoms with E-state index in [0.717, 1.165) is 48.8 Å². The van der Waals surface area contributed by atoms with Crippen LogP contribution >= 0.6 is 0 Å². The van der Waals surface area contributed by atoms with Gasteiger partial charge in [-0.1, -0.05) is 30.3 Å². The van der Waals surface area contributed by atoms with Gasteiger partial charge < -0.3 is 13.9 Å². The summed E-state index contributed by atoms with van der Waals surface area (Å²) >= 11 is 0. The van der Waals surface area contributed by atoms with Gasteiger partial charge in [0.25, 0.3) is 5.91 Å². The highest BCUT2D eigenvalue weighted by atomic mass is 16.3. The average Bonchev–Trinajstić information content (AvgIpc) is 3.30. The number of hydrogen-bond donors (Lipinski definition) is 0. The molecule has 0 spiro atoms. The Bertz CT molecular complexity index is 1000. The number of hydrogen-bond acceptors (Lipinski definition) is 4. The van der Waals surface area contributed by atoms with Gasteiger partial charge in [0.1, 0.15) is 17.3 Å². The maximum absolute atomic E-state index is 13.3. The van der Waals surface area contributed by atoms with E-state index in [2.05, 4.69) is 31.8 Å². The lowest BCUT2D eigenvalue weighted by Gasteiger charge is -2.27. The van der Waals surface area contributed by atoms with Gasteiger partial charge in [-0.3, -0.25) is 4.79 Å². The molecule has 3 aromatic rings. The van der Waals surface area contributed by atoms with Gasteiger partial charge in [-0.15, -0.1) is 10.2 Å². The summed E-state index contributed by atoms with van der Waals surface area (Å²) in [5, 5.41) is 8.90. The Morgan fingerprint density at radius 2 is 1.89 bits per heavy atom. The highest BCUT2D eigenvalue weighted by Gasteiger charge is 2.42. The minimum absolute atomic E-state index is 0.0804. The van der Waals surface area contributed by atoms with Crippen LogP contribution < -0.4 is 0 Å². The zero-order valence-corrected chi connectivity index (χ0v) is 15.6. The number of nitrogens with zero attached hydrogens (tertiary/aromatic N) is 4. The van der Waals surface area contributed by atoms with E-state index in [9.17, 15) is 4.79 Å². The van der Waals surface area contributed by atoms with Crippen molar-refractivity contribution in [1.82, 2.24) is 19.7 Å². The number of furan rings is 1. The molecule has 4 heterocycles. The van der Waals surface area contributed by atoms with E-state index < -0.39 is 0 Å². The maximum Gasteiger partial charge on any atom is 0.257 e. The van der Waals surface area contributed by atoms with Gasteiger partial charge in [0.15, 0.2) is 5.82 Å². The smallest absolute Gasteiger partial charge is 0.257 e. The third-order valence-electron chi connectivity index (χ3n) is 5.80. The molecule has 0 N–H and O–H groups in total. The van der Waals surface area contributed by atoms with E-state index >= 15 is 0 Å². The Morgan fingerprint density at radius 3 is 2.63 bits per heavy atom. The Hall–Kier alpha value is -2.89. The van der Waals surface area contributed by atoms with Crippen LogP contribution in [0.3, 0.4) is 0 Å². The molecule has 2 bridgehead atoms. The molecular weight excluding hydrogens is 340 g/mol. The van der Waals surface area contributed by atoms with Crippen molar-refractivity contribution in [2.24, 2.45) is 0 Å². The largest absolute Gasteiger partial charge is 0.466 e. The first-order chi connectivity index (χ1) is 13.1. The van der Waals surface area contributed by atoms with Gasteiger partial charge in [0.2, 0.25) is 0 Å². The van der Waals surface area contributed by atoms with Crippen molar-refractivity contribution in [3.05, 3.63) is 59.3 Å². The van der Waals surface area contributed by atoms with E-state index in [1.54, 1.807) is 0 Å². The van der Waals surface area contributed by atoms with E-state index in [1.807, 2.05) is 38.1 Å². The fourth-order valence-electron chi connectivity index (χ4n) is 4.56. The number of carbonyl (C=O) groups is 1. The van der Waals surface area contributed by atoms with Gasteiger partial charge in [-0.25, -0.2) is 0 Å². The van der Waals surface area contributed by atoms with Crippen LogP contribution in [0.1, 0.15) is 40.5 Å². The lowest BCUT2D eigenvalue weighted by atomic mass is 10.1. The molecule has 0 radical (unpaired) electrons. The highest BCUT2D eigenvalue weighted by molar-refractivity contribution is 5.96. The number of aryl methyl sites for hydroxylation is 2. The van der Waals surface area contributed by atoms with Crippen LogP contribution in [0, 0.1) is 13.8 Å². The fourth-order valence-corrected chi connectivity index (χ4v) is 4.56. The van der Waals surface area contributed by atoms with Crippen LogP contribution in [-0.2, 0) is 13.0 Å². The zero-order chi connectivity index (χ0) is 18.5. The summed E-state index contributed by atoms with van der Waals surface area (Å²) in [7, 11) is 0. The fraction of sp³-hybridized carbons (Fsp3) is 0.381. The summed E-state index contributed by atoms with van der Waals surface area (Å²) in [6.07, 6.45) is 2.77. The Kier molecular flexibility index (Phi) is 3.67. The molecule has 2 atom stereocenters. The van der Waals surface area contributed by atoms with Crippen LogP contribution in [0.2, 0.25) is 0 Å². The second-order valence-electron chi connectivity index (χ2n) is 7.54. The molecule has 27 heavy (non-hydrogen) atoms. The van der Waals surface area contributed by atoms with Crippen molar-refractivity contribution in [3.63, 3.8) is 0 Å². The number of carbonyl (C=O) groups excluding carboxylic acids is 1. The van der Waals surface area contributed by atoms with E-state index in [1.165, 1.54) is 0 Å². The van der Waals surface area contributed by atoms with Crippen LogP contribution in [0.4, 0.5) is 0 Å². The molecule has 2 aromatic heterocycles. The number of benzene rings is 1. The summed E-state index contributed by atoms with van der Waals surface area (Å²) in [4.78, 5) is 15.4. The van der Waals surface area contributed by atoms with Crippen molar-refractivity contribution in [1.29, 1.82) is 0 Å². The zero-order valence-electron chi connectivity index (χ0n) is 15.6. The molecule has 1 amide bonds. The van der Waals surface area contributed by atoms with Gasteiger partial charge in [0.05, 0.1) is 11.6 Å². The molecule has 0 aliphatic carbocycles. The quantitative estimate of drug-likeness (QED) is 0.701. The lowest BCUT2D eigenvalue weighted by molar-refractivity contribution is 0.0664. The number of rotatable bonds is 2. The first-order valence-corrected chi connectivity index (χ1v) is 9.49. The van der Waals surface area contributed by atoms with Crippen LogP contribution in [0.15, 0.2) is 40.8 Å². The summed E-state index contributed by atoms with van der Waals surface area (Å²) < 4.78 is 7.80. The van der Waals surface area contributed by atoms with E-state index in [-0.39, 0.29) is 18.0 Å². The van der Waals surface area contributed by atoms with Crippen molar-refractivity contribution in [2.45, 2.75) is 51.7 Å².